The average Bonchev–Trinajstić information content (AvgIpc) is 2.24. The molecule has 0 radical (unpaired) electrons. The van der Waals surface area contributed by atoms with Crippen molar-refractivity contribution in [3.05, 3.63) is 23.8 Å². The van der Waals surface area contributed by atoms with Gasteiger partial charge in [-0.2, -0.15) is 5.10 Å². The molecule has 18 heavy (non-hydrogen) atoms. The Morgan fingerprint density at radius 3 is 2.83 bits per heavy atom. The van der Waals surface area contributed by atoms with E-state index in [4.69, 9.17) is 5.73 Å². The van der Waals surface area contributed by atoms with Gasteiger partial charge in [0.05, 0.1) is 5.71 Å². The Hall–Kier alpha value is -1.58. The van der Waals surface area contributed by atoms with Gasteiger partial charge in [0.25, 0.3) is 0 Å². The fourth-order valence-corrected chi connectivity index (χ4v) is 2.40. The first-order valence-electron chi connectivity index (χ1n) is 6.27. The van der Waals surface area contributed by atoms with Gasteiger partial charge in [-0.15, -0.1) is 0 Å². The first kappa shape index (κ1) is 14.5. The van der Waals surface area contributed by atoms with Crippen LogP contribution in [0.3, 0.4) is 0 Å². The van der Waals surface area contributed by atoms with Crippen molar-refractivity contribution in [3.8, 4) is 0 Å². The second-order valence-corrected chi connectivity index (χ2v) is 5.54. The minimum Gasteiger partial charge on any atom is -0.350 e. The number of allylic oxidation sites excluding steroid dienone is 4. The van der Waals surface area contributed by atoms with Crippen LogP contribution in [0.1, 0.15) is 40.5 Å². The van der Waals surface area contributed by atoms with Gasteiger partial charge < -0.3 is 5.73 Å². The van der Waals surface area contributed by atoms with Crippen molar-refractivity contribution in [2.75, 3.05) is 0 Å². The van der Waals surface area contributed by atoms with E-state index in [-0.39, 0.29) is 5.41 Å². The lowest BCUT2D eigenvalue weighted by molar-refractivity contribution is 0.249. The van der Waals surface area contributed by atoms with Gasteiger partial charge in [0.1, 0.15) is 0 Å². The molecule has 0 fully saturated rings. The van der Waals surface area contributed by atoms with E-state index in [2.05, 4.69) is 43.5 Å². The molecule has 0 aromatic heterocycles. The summed E-state index contributed by atoms with van der Waals surface area (Å²) < 4.78 is 0. The molecule has 0 spiro atoms. The molecule has 0 saturated heterocycles. The molecule has 1 aliphatic carbocycles. The van der Waals surface area contributed by atoms with Gasteiger partial charge in [-0.1, -0.05) is 31.6 Å². The lowest BCUT2D eigenvalue weighted by Gasteiger charge is -2.36. The van der Waals surface area contributed by atoms with Gasteiger partial charge in [-0.3, -0.25) is 0 Å². The molecule has 0 aromatic rings. The number of hydrazone groups is 1. The number of urea groups is 1. The number of nitrogens with one attached hydrogen (secondary N) is 1. The van der Waals surface area contributed by atoms with E-state index in [1.54, 1.807) is 0 Å². The average molecular weight is 249 g/mol. The summed E-state index contributed by atoms with van der Waals surface area (Å²) >= 11 is 0. The molecule has 0 heterocycles. The Morgan fingerprint density at radius 1 is 1.61 bits per heavy atom. The molecular formula is C14H23N3O. The maximum Gasteiger partial charge on any atom is 0.332 e. The van der Waals surface area contributed by atoms with Gasteiger partial charge >= 0.3 is 6.03 Å². The Kier molecular flexibility index (Phi) is 4.70. The molecule has 1 rings (SSSR count). The van der Waals surface area contributed by atoms with E-state index >= 15 is 0 Å². The fraction of sp³-hybridized carbons (Fsp3) is 0.571. The van der Waals surface area contributed by atoms with Crippen LogP contribution in [0.25, 0.3) is 0 Å². The Morgan fingerprint density at radius 2 is 2.28 bits per heavy atom. The van der Waals surface area contributed by atoms with E-state index in [0.717, 1.165) is 12.1 Å². The predicted octanol–water partition coefficient (Wildman–Crippen LogP) is 2.97. The summed E-state index contributed by atoms with van der Waals surface area (Å²) in [4.78, 5) is 10.5. The van der Waals surface area contributed by atoms with Crippen molar-refractivity contribution in [3.63, 3.8) is 0 Å². The molecule has 0 bridgehead atoms. The van der Waals surface area contributed by atoms with Crippen LogP contribution in [0.4, 0.5) is 4.79 Å². The predicted molar refractivity (Wildman–Crippen MR) is 75.2 cm³/mol. The molecule has 1 aliphatic rings. The smallest absolute Gasteiger partial charge is 0.332 e. The van der Waals surface area contributed by atoms with Crippen LogP contribution >= 0.6 is 0 Å². The molecule has 0 saturated carbocycles. The summed E-state index contributed by atoms with van der Waals surface area (Å²) in [6.07, 6.45) is 8.74. The largest absolute Gasteiger partial charge is 0.350 e. The molecule has 100 valence electrons. The van der Waals surface area contributed by atoms with Gasteiger partial charge in [0, 0.05) is 5.92 Å². The monoisotopic (exact) mass is 249 g/mol. The normalized spacial score (nSPS) is 23.9. The van der Waals surface area contributed by atoms with E-state index in [0.29, 0.717) is 5.92 Å². The number of hydrogen-bond donors (Lipinski definition) is 2. The summed E-state index contributed by atoms with van der Waals surface area (Å²) in [7, 11) is 0. The van der Waals surface area contributed by atoms with E-state index < -0.39 is 6.03 Å². The van der Waals surface area contributed by atoms with E-state index in [1.165, 1.54) is 12.0 Å². The summed E-state index contributed by atoms with van der Waals surface area (Å²) in [5.41, 5.74) is 9.59. The highest BCUT2D eigenvalue weighted by Gasteiger charge is 2.30. The third-order valence-electron chi connectivity index (χ3n) is 3.46. The van der Waals surface area contributed by atoms with Crippen LogP contribution in [-0.2, 0) is 0 Å². The second kappa shape index (κ2) is 5.85. The zero-order chi connectivity index (χ0) is 13.8. The highest BCUT2D eigenvalue weighted by molar-refractivity contribution is 5.93. The molecule has 4 heteroatoms. The highest BCUT2D eigenvalue weighted by atomic mass is 16.2. The van der Waals surface area contributed by atoms with Crippen molar-refractivity contribution in [1.29, 1.82) is 0 Å². The third kappa shape index (κ3) is 4.02. The second-order valence-electron chi connectivity index (χ2n) is 5.54. The topological polar surface area (TPSA) is 67.5 Å². The number of rotatable bonds is 3. The Balaban J connectivity index is 2.76. The molecule has 1 atom stereocenters. The molecule has 4 nitrogen and oxygen atoms in total. The maximum absolute atomic E-state index is 10.5. The van der Waals surface area contributed by atoms with Crippen LogP contribution in [0.5, 0.6) is 0 Å². The number of nitrogens with two attached hydrogens (primary N) is 1. The van der Waals surface area contributed by atoms with E-state index in [9.17, 15) is 4.79 Å². The summed E-state index contributed by atoms with van der Waals surface area (Å²) in [6, 6.07) is -0.642. The quantitative estimate of drug-likeness (QED) is 0.450. The zero-order valence-electron chi connectivity index (χ0n) is 11.7. The minimum atomic E-state index is -0.642. The van der Waals surface area contributed by atoms with Gasteiger partial charge in [-0.25, -0.2) is 10.2 Å². The van der Waals surface area contributed by atoms with Crippen molar-refractivity contribution >= 4 is 11.7 Å². The van der Waals surface area contributed by atoms with Crippen LogP contribution < -0.4 is 11.2 Å². The highest BCUT2D eigenvalue weighted by Crippen LogP contribution is 2.41. The molecule has 3 N–H and O–H groups in total. The van der Waals surface area contributed by atoms with Crippen molar-refractivity contribution in [1.82, 2.24) is 5.43 Å². The number of primary amides is 1. The lowest BCUT2D eigenvalue weighted by atomic mass is 9.68. The fourth-order valence-electron chi connectivity index (χ4n) is 2.40. The third-order valence-corrected chi connectivity index (χ3v) is 3.46. The number of hydrogen-bond acceptors (Lipinski definition) is 2. The summed E-state index contributed by atoms with van der Waals surface area (Å²) in [5, 5.41) is 3.87. The lowest BCUT2D eigenvalue weighted by Crippen LogP contribution is -2.27. The molecular weight excluding hydrogens is 226 g/mol. The van der Waals surface area contributed by atoms with Crippen LogP contribution in [0.15, 0.2) is 28.9 Å². The van der Waals surface area contributed by atoms with Crippen LogP contribution in [0.2, 0.25) is 0 Å². The zero-order valence-corrected chi connectivity index (χ0v) is 11.7. The Labute approximate surface area is 109 Å². The molecule has 0 unspecified atom stereocenters. The number of carbonyl (C=O) groups is 1. The van der Waals surface area contributed by atoms with Gasteiger partial charge in [-0.05, 0) is 38.2 Å². The van der Waals surface area contributed by atoms with Crippen LogP contribution in [0, 0.1) is 11.3 Å². The van der Waals surface area contributed by atoms with E-state index in [1.807, 2.05) is 13.0 Å². The van der Waals surface area contributed by atoms with Crippen molar-refractivity contribution in [2.45, 2.75) is 40.5 Å². The molecule has 0 aromatic carbocycles. The molecule has 0 aliphatic heterocycles. The SMILES string of the molecule is CC1=CCCC(C)(C)[C@H]1/C=C/C(C)=N\NC(N)=O. The summed E-state index contributed by atoms with van der Waals surface area (Å²) in [5.74, 6) is 0.421. The number of nitrogens with zero attached hydrogens (tertiary/aromatic N) is 1. The van der Waals surface area contributed by atoms with Gasteiger partial charge in [0.2, 0.25) is 0 Å². The minimum absolute atomic E-state index is 0.271. The van der Waals surface area contributed by atoms with Crippen molar-refractivity contribution in [2.24, 2.45) is 22.2 Å². The van der Waals surface area contributed by atoms with Crippen molar-refractivity contribution < 1.29 is 4.79 Å². The van der Waals surface area contributed by atoms with Gasteiger partial charge in [0.15, 0.2) is 0 Å². The molecule has 2 amide bonds. The first-order chi connectivity index (χ1) is 8.33. The van der Waals surface area contributed by atoms with Crippen LogP contribution in [-0.4, -0.2) is 11.7 Å². The maximum atomic E-state index is 10.5. The standard InChI is InChI=1S/C14H23N3O/c1-10-6-5-9-14(3,4)12(10)8-7-11(2)16-17-13(15)18/h6-8,12H,5,9H2,1-4H3,(H3,15,17,18)/b8-7+,16-11-/t12-/m0/s1. The number of carbonyl (C=O) groups excluding carboxylic acids is 1. The first-order valence-corrected chi connectivity index (χ1v) is 6.27. The Bertz CT molecular complexity index is 405. The summed E-state index contributed by atoms with van der Waals surface area (Å²) in [6.45, 7) is 8.57. The number of amides is 2.